The molecule has 0 radical (unpaired) electrons. The van der Waals surface area contributed by atoms with Crippen LogP contribution in [0.5, 0.6) is 5.75 Å². The van der Waals surface area contributed by atoms with Crippen molar-refractivity contribution < 1.29 is 9.53 Å². The quantitative estimate of drug-likeness (QED) is 0.581. The van der Waals surface area contributed by atoms with Crippen molar-refractivity contribution in [1.29, 1.82) is 0 Å². The van der Waals surface area contributed by atoms with Crippen LogP contribution in [0.4, 0.5) is 5.69 Å². The molecule has 1 saturated heterocycles. The van der Waals surface area contributed by atoms with E-state index in [9.17, 15) is 4.79 Å². The smallest absolute Gasteiger partial charge is 0.244 e. The second-order valence-corrected chi connectivity index (χ2v) is 8.00. The Morgan fingerprint density at radius 3 is 2.52 bits per heavy atom. The lowest BCUT2D eigenvalue weighted by molar-refractivity contribution is -0.132. The van der Waals surface area contributed by atoms with Crippen LogP contribution < -0.4 is 9.64 Å². The van der Waals surface area contributed by atoms with E-state index in [1.807, 2.05) is 30.0 Å². The zero-order valence-corrected chi connectivity index (χ0v) is 18.8. The van der Waals surface area contributed by atoms with Crippen molar-refractivity contribution in [3.8, 4) is 17.0 Å². The minimum Gasteiger partial charge on any atom is -0.495 e. The SMILES string of the molecule is COc1cc(N2CCN(C(=O)Cn3nc(-c4cncnc4)c(Cl)c3C)CC2)ccc1Cl. The predicted molar refractivity (Wildman–Crippen MR) is 120 cm³/mol. The number of rotatable bonds is 5. The first-order valence-corrected chi connectivity index (χ1v) is 10.6. The highest BCUT2D eigenvalue weighted by atomic mass is 35.5. The molecular weight excluding hydrogens is 439 g/mol. The summed E-state index contributed by atoms with van der Waals surface area (Å²) in [6.45, 7) is 4.67. The van der Waals surface area contributed by atoms with Crippen LogP contribution in [0.2, 0.25) is 10.0 Å². The highest BCUT2D eigenvalue weighted by molar-refractivity contribution is 6.33. The second-order valence-electron chi connectivity index (χ2n) is 7.22. The molecule has 8 nitrogen and oxygen atoms in total. The molecule has 10 heteroatoms. The molecular formula is C21H22Cl2N6O2. The average Bonchev–Trinajstić information content (AvgIpc) is 3.08. The maximum Gasteiger partial charge on any atom is 0.244 e. The minimum atomic E-state index is 0.00599. The number of aromatic nitrogens is 4. The van der Waals surface area contributed by atoms with Gasteiger partial charge in [0.05, 0.1) is 22.8 Å². The van der Waals surface area contributed by atoms with Gasteiger partial charge < -0.3 is 14.5 Å². The van der Waals surface area contributed by atoms with E-state index < -0.39 is 0 Å². The third-order valence-corrected chi connectivity index (χ3v) is 6.15. The van der Waals surface area contributed by atoms with Crippen LogP contribution in [-0.2, 0) is 11.3 Å². The van der Waals surface area contributed by atoms with E-state index in [4.69, 9.17) is 27.9 Å². The van der Waals surface area contributed by atoms with E-state index in [0.29, 0.717) is 40.1 Å². The van der Waals surface area contributed by atoms with Crippen molar-refractivity contribution >= 4 is 34.8 Å². The number of benzene rings is 1. The molecule has 1 fully saturated rings. The Balaban J connectivity index is 1.41. The van der Waals surface area contributed by atoms with Crippen LogP contribution >= 0.6 is 23.2 Å². The van der Waals surface area contributed by atoms with Crippen molar-refractivity contribution in [3.63, 3.8) is 0 Å². The summed E-state index contributed by atoms with van der Waals surface area (Å²) in [4.78, 5) is 25.0. The van der Waals surface area contributed by atoms with Gasteiger partial charge in [-0.2, -0.15) is 5.10 Å². The molecule has 3 aromatic rings. The molecule has 2 aromatic heterocycles. The van der Waals surface area contributed by atoms with E-state index in [1.165, 1.54) is 6.33 Å². The maximum absolute atomic E-state index is 12.9. The number of hydrogen-bond acceptors (Lipinski definition) is 6. The van der Waals surface area contributed by atoms with Crippen molar-refractivity contribution in [2.24, 2.45) is 0 Å². The van der Waals surface area contributed by atoms with Gasteiger partial charge >= 0.3 is 0 Å². The van der Waals surface area contributed by atoms with Crippen molar-refractivity contribution in [1.82, 2.24) is 24.6 Å². The number of ether oxygens (including phenoxy) is 1. The van der Waals surface area contributed by atoms with Gasteiger partial charge in [0.1, 0.15) is 24.3 Å². The Labute approximate surface area is 190 Å². The summed E-state index contributed by atoms with van der Waals surface area (Å²) in [6, 6.07) is 5.71. The third-order valence-electron chi connectivity index (χ3n) is 5.38. The fraction of sp³-hybridized carbons (Fsp3) is 0.333. The number of carbonyl (C=O) groups excluding carboxylic acids is 1. The molecule has 1 aromatic carbocycles. The highest BCUT2D eigenvalue weighted by Crippen LogP contribution is 2.30. The molecule has 0 aliphatic carbocycles. The molecule has 0 bridgehead atoms. The zero-order valence-electron chi connectivity index (χ0n) is 17.3. The normalized spacial score (nSPS) is 14.1. The van der Waals surface area contributed by atoms with Gasteiger partial charge in [-0.3, -0.25) is 9.48 Å². The van der Waals surface area contributed by atoms with Crippen LogP contribution in [0.1, 0.15) is 5.69 Å². The topological polar surface area (TPSA) is 76.4 Å². The molecule has 0 atom stereocenters. The summed E-state index contributed by atoms with van der Waals surface area (Å²) < 4.78 is 6.95. The summed E-state index contributed by atoms with van der Waals surface area (Å²) in [6.07, 6.45) is 4.75. The number of carbonyl (C=O) groups is 1. The van der Waals surface area contributed by atoms with E-state index in [-0.39, 0.29) is 12.5 Å². The van der Waals surface area contributed by atoms with Gasteiger partial charge in [0, 0.05) is 55.9 Å². The van der Waals surface area contributed by atoms with Crippen LogP contribution in [0, 0.1) is 6.92 Å². The van der Waals surface area contributed by atoms with Crippen molar-refractivity contribution in [2.75, 3.05) is 38.2 Å². The number of nitrogens with zero attached hydrogens (tertiary/aromatic N) is 6. The van der Waals surface area contributed by atoms with Gasteiger partial charge in [0.15, 0.2) is 0 Å². The Hall–Kier alpha value is -2.84. The number of piperazine rings is 1. The summed E-state index contributed by atoms with van der Waals surface area (Å²) in [5.74, 6) is 0.648. The fourth-order valence-electron chi connectivity index (χ4n) is 3.57. The Morgan fingerprint density at radius 1 is 1.13 bits per heavy atom. The maximum atomic E-state index is 12.9. The molecule has 0 N–H and O–H groups in total. The van der Waals surface area contributed by atoms with E-state index in [1.54, 1.807) is 24.2 Å². The Bertz CT molecular complexity index is 1080. The average molecular weight is 461 g/mol. The van der Waals surface area contributed by atoms with Gasteiger partial charge in [-0.1, -0.05) is 23.2 Å². The van der Waals surface area contributed by atoms with Gasteiger partial charge in [-0.25, -0.2) is 9.97 Å². The first kappa shape index (κ1) is 21.4. The molecule has 1 aliphatic heterocycles. The number of hydrogen-bond donors (Lipinski definition) is 0. The third kappa shape index (κ3) is 4.45. The summed E-state index contributed by atoms with van der Waals surface area (Å²) in [7, 11) is 1.60. The zero-order chi connectivity index (χ0) is 22.0. The molecule has 0 saturated carbocycles. The summed E-state index contributed by atoms with van der Waals surface area (Å²) >= 11 is 12.6. The summed E-state index contributed by atoms with van der Waals surface area (Å²) in [5.41, 5.74) is 3.06. The Kier molecular flexibility index (Phi) is 6.29. The fourth-order valence-corrected chi connectivity index (χ4v) is 4.01. The molecule has 1 aliphatic rings. The molecule has 0 unspecified atom stereocenters. The van der Waals surface area contributed by atoms with Crippen molar-refractivity contribution in [3.05, 3.63) is 52.7 Å². The minimum absolute atomic E-state index is 0.00599. The number of halogens is 2. The van der Waals surface area contributed by atoms with Crippen LogP contribution in [-0.4, -0.2) is 63.8 Å². The molecule has 4 rings (SSSR count). The van der Waals surface area contributed by atoms with Crippen molar-refractivity contribution in [2.45, 2.75) is 13.5 Å². The Morgan fingerprint density at radius 2 is 1.84 bits per heavy atom. The molecule has 31 heavy (non-hydrogen) atoms. The van der Waals surface area contributed by atoms with Gasteiger partial charge in [-0.05, 0) is 19.1 Å². The van der Waals surface area contributed by atoms with E-state index in [2.05, 4.69) is 20.0 Å². The second kappa shape index (κ2) is 9.11. The van der Waals surface area contributed by atoms with Gasteiger partial charge in [-0.15, -0.1) is 0 Å². The van der Waals surface area contributed by atoms with Crippen LogP contribution in [0.15, 0.2) is 36.9 Å². The van der Waals surface area contributed by atoms with E-state index in [0.717, 1.165) is 24.5 Å². The van der Waals surface area contributed by atoms with Gasteiger partial charge in [0.25, 0.3) is 0 Å². The lowest BCUT2D eigenvalue weighted by Gasteiger charge is -2.36. The summed E-state index contributed by atoms with van der Waals surface area (Å²) in [5, 5.41) is 5.61. The van der Waals surface area contributed by atoms with Crippen LogP contribution in [0.25, 0.3) is 11.3 Å². The van der Waals surface area contributed by atoms with Crippen LogP contribution in [0.3, 0.4) is 0 Å². The largest absolute Gasteiger partial charge is 0.495 e. The number of amides is 1. The molecule has 3 heterocycles. The molecule has 0 spiro atoms. The molecule has 162 valence electrons. The van der Waals surface area contributed by atoms with E-state index >= 15 is 0 Å². The lowest BCUT2D eigenvalue weighted by Crippen LogP contribution is -2.49. The number of methoxy groups -OCH3 is 1. The number of anilines is 1. The highest BCUT2D eigenvalue weighted by Gasteiger charge is 2.24. The first-order valence-electron chi connectivity index (χ1n) is 9.82. The lowest BCUT2D eigenvalue weighted by atomic mass is 10.2. The predicted octanol–water partition coefficient (Wildman–Crippen LogP) is 3.31. The van der Waals surface area contributed by atoms with Gasteiger partial charge in [0.2, 0.25) is 5.91 Å². The monoisotopic (exact) mass is 460 g/mol. The standard InChI is InChI=1S/C21H22Cl2N6O2/c1-14-20(23)21(15-10-24-13-25-11-15)26-29(14)12-19(30)28-7-5-27(6-8-28)16-3-4-17(22)18(9-16)31-2/h3-4,9-11,13H,5-8,12H2,1-2H3. The molecule has 1 amide bonds. The first-order chi connectivity index (χ1) is 15.0.